The number of aliphatic hydroxyl groups is 2. The van der Waals surface area contributed by atoms with Crippen LogP contribution in [0.25, 0.3) is 11.0 Å². The van der Waals surface area contributed by atoms with Crippen LogP contribution in [0.2, 0.25) is 0 Å². The number of aromatic amines is 3. The molecule has 0 unspecified atom stereocenters. The fourth-order valence-corrected chi connectivity index (χ4v) is 2.57. The summed E-state index contributed by atoms with van der Waals surface area (Å²) in [7, 11) is 0. The number of likely N-dealkylation sites (tertiary alicyclic amines) is 1. The number of aromatic nitrogens is 4. The number of hydrogen-bond acceptors (Lipinski definition) is 6. The van der Waals surface area contributed by atoms with E-state index >= 15 is 0 Å². The first-order chi connectivity index (χ1) is 9.58. The molecule has 0 aliphatic carbocycles. The van der Waals surface area contributed by atoms with Gasteiger partial charge < -0.3 is 15.2 Å². The summed E-state index contributed by atoms with van der Waals surface area (Å²) in [6, 6.07) is 0. The van der Waals surface area contributed by atoms with E-state index in [1.807, 2.05) is 4.90 Å². The minimum atomic E-state index is -0.583. The fourth-order valence-electron chi connectivity index (χ4n) is 2.57. The molecule has 1 fully saturated rings. The minimum Gasteiger partial charge on any atom is -0.396 e. The van der Waals surface area contributed by atoms with Crippen LogP contribution in [0.15, 0.2) is 9.59 Å². The van der Waals surface area contributed by atoms with Crippen molar-refractivity contribution in [1.82, 2.24) is 25.1 Å². The second-order valence-corrected chi connectivity index (χ2v) is 5.04. The molecule has 5 N–H and O–H groups in total. The van der Waals surface area contributed by atoms with Crippen LogP contribution in [-0.2, 0) is 6.54 Å². The normalized spacial score (nSPS) is 23.7. The largest absolute Gasteiger partial charge is 0.396 e. The van der Waals surface area contributed by atoms with Gasteiger partial charge in [-0.1, -0.05) is 0 Å². The van der Waals surface area contributed by atoms with Crippen LogP contribution < -0.4 is 11.2 Å². The average Bonchev–Trinajstić information content (AvgIpc) is 2.94. The van der Waals surface area contributed by atoms with E-state index < -0.39 is 17.4 Å². The van der Waals surface area contributed by atoms with Crippen LogP contribution in [0.5, 0.6) is 0 Å². The molecule has 108 valence electrons. The number of nitrogens with zero attached hydrogens (tertiary/aromatic N) is 2. The average molecular weight is 281 g/mol. The highest BCUT2D eigenvalue weighted by atomic mass is 16.3. The van der Waals surface area contributed by atoms with Crippen molar-refractivity contribution >= 4 is 11.0 Å². The van der Waals surface area contributed by atoms with Crippen molar-refractivity contribution in [3.8, 4) is 0 Å². The second kappa shape index (κ2) is 4.85. The first-order valence-corrected chi connectivity index (χ1v) is 6.29. The van der Waals surface area contributed by atoms with E-state index in [9.17, 15) is 14.7 Å². The van der Waals surface area contributed by atoms with Crippen molar-refractivity contribution in [2.45, 2.75) is 12.6 Å². The Morgan fingerprint density at radius 3 is 2.80 bits per heavy atom. The van der Waals surface area contributed by atoms with E-state index in [0.717, 1.165) is 0 Å². The van der Waals surface area contributed by atoms with Gasteiger partial charge >= 0.3 is 5.69 Å². The van der Waals surface area contributed by atoms with E-state index in [0.29, 0.717) is 30.8 Å². The van der Waals surface area contributed by atoms with Crippen LogP contribution in [0.3, 0.4) is 0 Å². The van der Waals surface area contributed by atoms with Gasteiger partial charge in [-0.2, -0.15) is 5.10 Å². The molecule has 1 aliphatic rings. The van der Waals surface area contributed by atoms with Crippen molar-refractivity contribution in [3.05, 3.63) is 26.5 Å². The Balaban J connectivity index is 1.89. The second-order valence-electron chi connectivity index (χ2n) is 5.04. The monoisotopic (exact) mass is 281 g/mol. The molecule has 0 radical (unpaired) electrons. The molecule has 3 rings (SSSR count). The zero-order chi connectivity index (χ0) is 14.3. The number of β-amino-alcohol motifs (C(OH)–C–C–N with tert-alkyl or cyclic N) is 1. The number of aliphatic hydroxyl groups excluding tert-OH is 2. The molecule has 0 amide bonds. The molecule has 1 saturated heterocycles. The first kappa shape index (κ1) is 13.0. The summed E-state index contributed by atoms with van der Waals surface area (Å²) < 4.78 is 0. The summed E-state index contributed by atoms with van der Waals surface area (Å²) in [4.78, 5) is 29.4. The molecule has 0 saturated carbocycles. The predicted molar refractivity (Wildman–Crippen MR) is 69.2 cm³/mol. The Kier molecular flexibility index (Phi) is 3.16. The standard InChI is InChI=1S/C11H15N5O4/c17-4-5-1-16(3-7(5)18)2-6-8-9(15-14-6)10(19)13-11(20)12-8/h5,7,17-18H,1-4H2,(H,14,15)(H2,12,13,19,20)/t5-,7+/m0/s1. The molecular weight excluding hydrogens is 266 g/mol. The van der Waals surface area contributed by atoms with Crippen LogP contribution in [-0.4, -0.2) is 61.1 Å². The van der Waals surface area contributed by atoms with Crippen molar-refractivity contribution in [3.63, 3.8) is 0 Å². The Morgan fingerprint density at radius 2 is 2.10 bits per heavy atom. The molecule has 2 aromatic heterocycles. The lowest BCUT2D eigenvalue weighted by atomic mass is 10.1. The van der Waals surface area contributed by atoms with Crippen LogP contribution in [0.4, 0.5) is 0 Å². The summed E-state index contributed by atoms with van der Waals surface area (Å²) >= 11 is 0. The zero-order valence-corrected chi connectivity index (χ0v) is 10.6. The summed E-state index contributed by atoms with van der Waals surface area (Å²) in [6.45, 7) is 1.31. The van der Waals surface area contributed by atoms with Gasteiger partial charge in [0.25, 0.3) is 5.56 Å². The Morgan fingerprint density at radius 1 is 1.30 bits per heavy atom. The van der Waals surface area contributed by atoms with Gasteiger partial charge in [0, 0.05) is 32.2 Å². The summed E-state index contributed by atoms with van der Waals surface area (Å²) in [5.41, 5.74) is 0.00788. The fraction of sp³-hybridized carbons (Fsp3) is 0.545. The SMILES string of the molecule is O=c1[nH]c(=O)c2n[nH]c(CN3C[C@@H](CO)[C@H](O)C3)c2[nH]1. The van der Waals surface area contributed by atoms with Gasteiger partial charge in [-0.15, -0.1) is 0 Å². The lowest BCUT2D eigenvalue weighted by Crippen LogP contribution is -2.24. The smallest absolute Gasteiger partial charge is 0.326 e. The Labute approximate surface area is 112 Å². The number of fused-ring (bicyclic) bond motifs is 1. The molecule has 9 heteroatoms. The summed E-state index contributed by atoms with van der Waals surface area (Å²) in [5, 5.41) is 25.5. The van der Waals surface area contributed by atoms with Crippen LogP contribution in [0.1, 0.15) is 5.69 Å². The van der Waals surface area contributed by atoms with Gasteiger partial charge in [-0.05, 0) is 0 Å². The molecule has 3 heterocycles. The first-order valence-electron chi connectivity index (χ1n) is 6.29. The maximum atomic E-state index is 11.6. The third-order valence-electron chi connectivity index (χ3n) is 3.62. The third kappa shape index (κ3) is 2.15. The summed E-state index contributed by atoms with van der Waals surface area (Å²) in [5.74, 6) is -0.174. The van der Waals surface area contributed by atoms with E-state index in [4.69, 9.17) is 5.11 Å². The highest BCUT2D eigenvalue weighted by Crippen LogP contribution is 2.19. The van der Waals surface area contributed by atoms with E-state index in [1.165, 1.54) is 0 Å². The molecular formula is C11H15N5O4. The lowest BCUT2D eigenvalue weighted by molar-refractivity contribution is 0.103. The minimum absolute atomic E-state index is 0.0715. The van der Waals surface area contributed by atoms with Gasteiger partial charge in [0.05, 0.1) is 17.3 Å². The van der Waals surface area contributed by atoms with Gasteiger partial charge in [0.1, 0.15) is 0 Å². The van der Waals surface area contributed by atoms with Crippen molar-refractivity contribution in [2.75, 3.05) is 19.7 Å². The number of rotatable bonds is 3. The molecule has 0 aromatic carbocycles. The lowest BCUT2D eigenvalue weighted by Gasteiger charge is -2.13. The third-order valence-corrected chi connectivity index (χ3v) is 3.62. The van der Waals surface area contributed by atoms with Gasteiger partial charge in [-0.3, -0.25) is 19.8 Å². The molecule has 2 atom stereocenters. The van der Waals surface area contributed by atoms with Gasteiger partial charge in [-0.25, -0.2) is 4.79 Å². The van der Waals surface area contributed by atoms with Crippen LogP contribution >= 0.6 is 0 Å². The maximum Gasteiger partial charge on any atom is 0.326 e. The highest BCUT2D eigenvalue weighted by molar-refractivity contribution is 5.75. The molecule has 20 heavy (non-hydrogen) atoms. The topological polar surface area (TPSA) is 138 Å². The van der Waals surface area contributed by atoms with Crippen molar-refractivity contribution in [2.24, 2.45) is 5.92 Å². The number of nitrogens with one attached hydrogen (secondary N) is 3. The van der Waals surface area contributed by atoms with Gasteiger partial charge in [0.2, 0.25) is 0 Å². The van der Waals surface area contributed by atoms with Crippen LogP contribution in [0, 0.1) is 5.92 Å². The Bertz CT molecular complexity index is 732. The molecule has 9 nitrogen and oxygen atoms in total. The van der Waals surface area contributed by atoms with E-state index in [-0.39, 0.29) is 18.0 Å². The van der Waals surface area contributed by atoms with E-state index in [2.05, 4.69) is 20.2 Å². The van der Waals surface area contributed by atoms with Crippen molar-refractivity contribution < 1.29 is 10.2 Å². The molecule has 2 aromatic rings. The predicted octanol–water partition coefficient (Wildman–Crippen LogP) is -2.28. The maximum absolute atomic E-state index is 11.6. The number of H-pyrrole nitrogens is 3. The highest BCUT2D eigenvalue weighted by Gasteiger charge is 2.31. The Hall–Kier alpha value is -1.97. The van der Waals surface area contributed by atoms with Gasteiger partial charge in [0.15, 0.2) is 5.52 Å². The number of hydrogen-bond donors (Lipinski definition) is 5. The quantitative estimate of drug-likeness (QED) is 0.430. The molecule has 1 aliphatic heterocycles. The molecule has 0 bridgehead atoms. The van der Waals surface area contributed by atoms with Crippen molar-refractivity contribution in [1.29, 1.82) is 0 Å². The van der Waals surface area contributed by atoms with E-state index in [1.54, 1.807) is 0 Å². The molecule has 0 spiro atoms. The summed E-state index contributed by atoms with van der Waals surface area (Å²) in [6.07, 6.45) is -0.573. The zero-order valence-electron chi connectivity index (χ0n) is 10.6.